The van der Waals surface area contributed by atoms with Gasteiger partial charge in [0.05, 0.1) is 6.54 Å². The van der Waals surface area contributed by atoms with E-state index in [1.807, 2.05) is 30.3 Å². The molecule has 0 radical (unpaired) electrons. The van der Waals surface area contributed by atoms with E-state index < -0.39 is 0 Å². The molecular weight excluding hydrogens is 349 g/mol. The van der Waals surface area contributed by atoms with Crippen LogP contribution in [0.4, 0.5) is 4.39 Å². The minimum Gasteiger partial charge on any atom is -0.351 e. The number of amides is 1. The van der Waals surface area contributed by atoms with Gasteiger partial charge in [0.1, 0.15) is 5.82 Å². The SMILES string of the molecule is O=C(CCC(=O)c1ccc(F)cc1)NCc1ccc(-c2ccccc2)s1. The van der Waals surface area contributed by atoms with E-state index in [2.05, 4.69) is 17.4 Å². The molecule has 1 aromatic heterocycles. The van der Waals surface area contributed by atoms with Crippen LogP contribution in [0.3, 0.4) is 0 Å². The Labute approximate surface area is 155 Å². The number of thiophene rings is 1. The zero-order valence-electron chi connectivity index (χ0n) is 14.1. The third-order valence-corrected chi connectivity index (χ3v) is 5.06. The molecule has 5 heteroatoms. The van der Waals surface area contributed by atoms with E-state index in [9.17, 15) is 14.0 Å². The Kier molecular flexibility index (Phi) is 5.92. The first-order valence-corrected chi connectivity index (χ1v) is 9.13. The third kappa shape index (κ3) is 4.86. The summed E-state index contributed by atoms with van der Waals surface area (Å²) in [5.74, 6) is -0.720. The lowest BCUT2D eigenvalue weighted by molar-refractivity contribution is -0.121. The van der Waals surface area contributed by atoms with Gasteiger partial charge in [-0.1, -0.05) is 30.3 Å². The highest BCUT2D eigenvalue weighted by Crippen LogP contribution is 2.27. The molecular formula is C21H18FNO2S. The number of carbonyl (C=O) groups is 2. The first kappa shape index (κ1) is 18.0. The highest BCUT2D eigenvalue weighted by molar-refractivity contribution is 7.15. The topological polar surface area (TPSA) is 46.2 Å². The van der Waals surface area contributed by atoms with Gasteiger partial charge in [0.2, 0.25) is 5.91 Å². The smallest absolute Gasteiger partial charge is 0.220 e. The molecule has 0 spiro atoms. The van der Waals surface area contributed by atoms with E-state index in [-0.39, 0.29) is 30.3 Å². The molecule has 1 heterocycles. The molecule has 0 unspecified atom stereocenters. The number of nitrogens with one attached hydrogen (secondary N) is 1. The van der Waals surface area contributed by atoms with Gasteiger partial charge in [0.15, 0.2) is 5.78 Å². The fourth-order valence-electron chi connectivity index (χ4n) is 2.51. The van der Waals surface area contributed by atoms with Gasteiger partial charge in [-0.3, -0.25) is 9.59 Å². The monoisotopic (exact) mass is 367 g/mol. The van der Waals surface area contributed by atoms with E-state index in [1.54, 1.807) is 11.3 Å². The second-order valence-corrected chi connectivity index (χ2v) is 7.01. The lowest BCUT2D eigenvalue weighted by atomic mass is 10.1. The van der Waals surface area contributed by atoms with Crippen LogP contribution in [0.15, 0.2) is 66.7 Å². The summed E-state index contributed by atoms with van der Waals surface area (Å²) >= 11 is 1.63. The molecule has 0 saturated carbocycles. The second kappa shape index (κ2) is 8.54. The van der Waals surface area contributed by atoms with Crippen molar-refractivity contribution in [3.8, 4) is 10.4 Å². The maximum absolute atomic E-state index is 12.9. The standard InChI is InChI=1S/C21H18FNO2S/c22-17-8-6-15(7-9-17)19(24)11-13-21(25)23-14-18-10-12-20(26-18)16-4-2-1-3-5-16/h1-10,12H,11,13-14H2,(H,23,25). The van der Waals surface area contributed by atoms with Gasteiger partial charge in [0, 0.05) is 28.2 Å². The van der Waals surface area contributed by atoms with Gasteiger partial charge >= 0.3 is 0 Å². The molecule has 0 aliphatic rings. The second-order valence-electron chi connectivity index (χ2n) is 5.84. The molecule has 3 nitrogen and oxygen atoms in total. The highest BCUT2D eigenvalue weighted by atomic mass is 32.1. The molecule has 3 rings (SSSR count). The summed E-state index contributed by atoms with van der Waals surface area (Å²) in [6, 6.07) is 19.5. The summed E-state index contributed by atoms with van der Waals surface area (Å²) in [6.45, 7) is 0.446. The van der Waals surface area contributed by atoms with Crippen LogP contribution in [0, 0.1) is 5.82 Å². The Morgan fingerprint density at radius 3 is 2.35 bits per heavy atom. The number of halogens is 1. The summed E-state index contributed by atoms with van der Waals surface area (Å²) in [7, 11) is 0. The lowest BCUT2D eigenvalue weighted by Gasteiger charge is -2.04. The van der Waals surface area contributed by atoms with Gasteiger partial charge in [-0.2, -0.15) is 0 Å². The molecule has 0 aliphatic heterocycles. The summed E-state index contributed by atoms with van der Waals surface area (Å²) in [4.78, 5) is 26.2. The Bertz CT molecular complexity index is 888. The number of benzene rings is 2. The fraction of sp³-hybridized carbons (Fsp3) is 0.143. The molecule has 0 bridgehead atoms. The molecule has 26 heavy (non-hydrogen) atoms. The van der Waals surface area contributed by atoms with Crippen LogP contribution in [0.25, 0.3) is 10.4 Å². The van der Waals surface area contributed by atoms with E-state index in [4.69, 9.17) is 0 Å². The van der Waals surface area contributed by atoms with Crippen LogP contribution in [-0.2, 0) is 11.3 Å². The maximum Gasteiger partial charge on any atom is 0.220 e. The van der Waals surface area contributed by atoms with Crippen LogP contribution in [-0.4, -0.2) is 11.7 Å². The van der Waals surface area contributed by atoms with Crippen molar-refractivity contribution in [2.45, 2.75) is 19.4 Å². The van der Waals surface area contributed by atoms with Gasteiger partial charge in [-0.25, -0.2) is 4.39 Å². The average Bonchev–Trinajstić information content (AvgIpc) is 3.15. The van der Waals surface area contributed by atoms with Crippen LogP contribution in [0.2, 0.25) is 0 Å². The van der Waals surface area contributed by atoms with Crippen LogP contribution < -0.4 is 5.32 Å². The molecule has 132 valence electrons. The van der Waals surface area contributed by atoms with Gasteiger partial charge in [0.25, 0.3) is 0 Å². The van der Waals surface area contributed by atoms with Crippen molar-refractivity contribution >= 4 is 23.0 Å². The number of hydrogen-bond donors (Lipinski definition) is 1. The fourth-order valence-corrected chi connectivity index (χ4v) is 3.46. The number of carbonyl (C=O) groups excluding carboxylic acids is 2. The highest BCUT2D eigenvalue weighted by Gasteiger charge is 2.10. The van der Waals surface area contributed by atoms with E-state index in [0.29, 0.717) is 12.1 Å². The van der Waals surface area contributed by atoms with Crippen molar-refractivity contribution in [2.24, 2.45) is 0 Å². The van der Waals surface area contributed by atoms with Crippen molar-refractivity contribution < 1.29 is 14.0 Å². The molecule has 0 fully saturated rings. The molecule has 0 atom stereocenters. The Morgan fingerprint density at radius 1 is 0.885 bits per heavy atom. The molecule has 1 amide bonds. The lowest BCUT2D eigenvalue weighted by Crippen LogP contribution is -2.22. The van der Waals surface area contributed by atoms with Gasteiger partial charge in [-0.15, -0.1) is 11.3 Å². The Balaban J connectivity index is 1.46. The van der Waals surface area contributed by atoms with Crippen molar-refractivity contribution in [1.29, 1.82) is 0 Å². The predicted molar refractivity (Wildman–Crippen MR) is 102 cm³/mol. The average molecular weight is 367 g/mol. The normalized spacial score (nSPS) is 10.5. The largest absolute Gasteiger partial charge is 0.351 e. The van der Waals surface area contributed by atoms with Gasteiger partial charge < -0.3 is 5.32 Å². The molecule has 1 N–H and O–H groups in total. The van der Waals surface area contributed by atoms with Gasteiger partial charge in [-0.05, 0) is 42.0 Å². The number of ketones is 1. The molecule has 2 aromatic carbocycles. The van der Waals surface area contributed by atoms with Crippen LogP contribution in [0.5, 0.6) is 0 Å². The zero-order valence-corrected chi connectivity index (χ0v) is 14.9. The minimum absolute atomic E-state index is 0.108. The minimum atomic E-state index is -0.384. The first-order valence-electron chi connectivity index (χ1n) is 8.31. The first-order chi connectivity index (χ1) is 12.6. The Hall–Kier alpha value is -2.79. The van der Waals surface area contributed by atoms with Crippen molar-refractivity contribution in [1.82, 2.24) is 5.32 Å². The zero-order chi connectivity index (χ0) is 18.4. The van der Waals surface area contributed by atoms with Crippen LogP contribution in [0.1, 0.15) is 28.1 Å². The molecule has 0 aliphatic carbocycles. The maximum atomic E-state index is 12.9. The Morgan fingerprint density at radius 2 is 1.62 bits per heavy atom. The van der Waals surface area contributed by atoms with Crippen molar-refractivity contribution in [2.75, 3.05) is 0 Å². The quantitative estimate of drug-likeness (QED) is 0.608. The third-order valence-electron chi connectivity index (χ3n) is 3.93. The molecule has 3 aromatic rings. The van der Waals surface area contributed by atoms with E-state index in [1.165, 1.54) is 24.3 Å². The van der Waals surface area contributed by atoms with E-state index >= 15 is 0 Å². The summed E-state index contributed by atoms with van der Waals surface area (Å²) in [5, 5.41) is 2.84. The molecule has 0 saturated heterocycles. The predicted octanol–water partition coefficient (Wildman–Crippen LogP) is 4.83. The number of Topliss-reactive ketones (excluding diaryl/α,β-unsaturated/α-hetero) is 1. The number of rotatable bonds is 7. The van der Waals surface area contributed by atoms with Crippen molar-refractivity contribution in [3.63, 3.8) is 0 Å². The van der Waals surface area contributed by atoms with Crippen LogP contribution >= 0.6 is 11.3 Å². The summed E-state index contributed by atoms with van der Waals surface area (Å²) in [6.07, 6.45) is 0.226. The summed E-state index contributed by atoms with van der Waals surface area (Å²) in [5.41, 5.74) is 1.57. The summed E-state index contributed by atoms with van der Waals surface area (Å²) < 4.78 is 12.9. The van der Waals surface area contributed by atoms with E-state index in [0.717, 1.165) is 15.3 Å². The number of hydrogen-bond acceptors (Lipinski definition) is 3. The van der Waals surface area contributed by atoms with Crippen molar-refractivity contribution in [3.05, 3.63) is 83.0 Å².